The molecule has 0 spiro atoms. The lowest BCUT2D eigenvalue weighted by Gasteiger charge is -2.39. The average molecular weight is 661 g/mol. The third-order valence-corrected chi connectivity index (χ3v) is 11.5. The Morgan fingerprint density at radius 3 is 1.50 bits per heavy atom. The van der Waals surface area contributed by atoms with Crippen molar-refractivity contribution in [3.8, 4) is 11.1 Å². The Kier molecular flexibility index (Phi) is 10.3. The predicted octanol–water partition coefficient (Wildman–Crippen LogP) is 13.9. The number of rotatable bonds is 13. The number of benzene rings is 4. The quantitative estimate of drug-likeness (QED) is 0.110. The van der Waals surface area contributed by atoms with E-state index in [-0.39, 0.29) is 21.7 Å². The molecule has 1 atom stereocenters. The number of allylic oxidation sites excluding steroid dienone is 6. The second-order valence-electron chi connectivity index (χ2n) is 17.3. The van der Waals surface area contributed by atoms with Crippen LogP contribution in [0.4, 0.5) is 0 Å². The van der Waals surface area contributed by atoms with Crippen LogP contribution in [0.3, 0.4) is 0 Å². The van der Waals surface area contributed by atoms with Crippen LogP contribution in [0.15, 0.2) is 135 Å². The zero-order valence-corrected chi connectivity index (χ0v) is 32.6. The first-order chi connectivity index (χ1) is 23.5. The van der Waals surface area contributed by atoms with Crippen LogP contribution in [-0.4, -0.2) is 0 Å². The fourth-order valence-corrected chi connectivity index (χ4v) is 9.03. The van der Waals surface area contributed by atoms with Gasteiger partial charge in [0.25, 0.3) is 0 Å². The van der Waals surface area contributed by atoms with Crippen molar-refractivity contribution in [1.82, 2.24) is 0 Å². The lowest BCUT2D eigenvalue weighted by Crippen LogP contribution is -2.32. The van der Waals surface area contributed by atoms with E-state index >= 15 is 0 Å². The summed E-state index contributed by atoms with van der Waals surface area (Å²) in [6.07, 6.45) is 15.8. The number of hydrogen-bond acceptors (Lipinski definition) is 0. The van der Waals surface area contributed by atoms with Gasteiger partial charge in [0.15, 0.2) is 0 Å². The molecule has 4 aromatic rings. The van der Waals surface area contributed by atoms with Gasteiger partial charge in [-0.3, -0.25) is 0 Å². The van der Waals surface area contributed by atoms with Crippen LogP contribution >= 0.6 is 0 Å². The molecular weight excluding hydrogens is 601 g/mol. The first kappa shape index (κ1) is 37.1. The van der Waals surface area contributed by atoms with Crippen LogP contribution in [0.1, 0.15) is 119 Å². The lowest BCUT2D eigenvalue weighted by atomic mass is 9.64. The van der Waals surface area contributed by atoms with Gasteiger partial charge in [-0.2, -0.15) is 0 Å². The highest BCUT2D eigenvalue weighted by Crippen LogP contribution is 2.57. The van der Waals surface area contributed by atoms with Gasteiger partial charge in [-0.15, -0.1) is 0 Å². The van der Waals surface area contributed by atoms with E-state index in [4.69, 9.17) is 0 Å². The van der Waals surface area contributed by atoms with Crippen molar-refractivity contribution in [1.29, 1.82) is 0 Å². The minimum atomic E-state index is -0.462. The van der Waals surface area contributed by atoms with Crippen LogP contribution in [0, 0.1) is 24.7 Å². The summed E-state index contributed by atoms with van der Waals surface area (Å²) in [5.74, 6) is 0. The molecule has 0 aromatic heterocycles. The summed E-state index contributed by atoms with van der Waals surface area (Å²) in [4.78, 5) is 0. The molecule has 0 fully saturated rings. The molecule has 0 bridgehead atoms. The molecule has 1 aliphatic carbocycles. The monoisotopic (exact) mass is 660 g/mol. The van der Waals surface area contributed by atoms with Gasteiger partial charge >= 0.3 is 0 Å². The molecule has 1 aliphatic rings. The summed E-state index contributed by atoms with van der Waals surface area (Å²) in [6.45, 7) is 31.3. The highest BCUT2D eigenvalue weighted by Gasteiger charge is 2.47. The van der Waals surface area contributed by atoms with Gasteiger partial charge in [-0.25, -0.2) is 0 Å². The Morgan fingerprint density at radius 1 is 0.580 bits per heavy atom. The lowest BCUT2D eigenvalue weighted by molar-refractivity contribution is 0.286. The smallest absolute Gasteiger partial charge is 0.0713 e. The van der Waals surface area contributed by atoms with Gasteiger partial charge < -0.3 is 0 Å². The highest BCUT2D eigenvalue weighted by atomic mass is 14.5. The van der Waals surface area contributed by atoms with Crippen molar-refractivity contribution in [2.24, 2.45) is 10.8 Å². The van der Waals surface area contributed by atoms with Crippen molar-refractivity contribution in [3.05, 3.63) is 179 Å². The normalized spacial score (nSPS) is 15.6. The molecule has 0 saturated heterocycles. The predicted molar refractivity (Wildman–Crippen MR) is 219 cm³/mol. The number of aryl methyl sites for hydroxylation is 2. The first-order valence-corrected chi connectivity index (χ1v) is 18.6. The Bertz CT molecular complexity index is 1890. The minimum absolute atomic E-state index is 0.0277. The number of fused-ring (bicyclic) bond motifs is 3. The average Bonchev–Trinajstić information content (AvgIpc) is 3.35. The van der Waals surface area contributed by atoms with Gasteiger partial charge in [0.05, 0.1) is 5.41 Å². The zero-order valence-electron chi connectivity index (χ0n) is 32.6. The topological polar surface area (TPSA) is 0 Å². The van der Waals surface area contributed by atoms with E-state index in [1.165, 1.54) is 55.6 Å². The molecule has 0 heteroatoms. The second kappa shape index (κ2) is 13.9. The van der Waals surface area contributed by atoms with Gasteiger partial charge in [0, 0.05) is 0 Å². The summed E-state index contributed by atoms with van der Waals surface area (Å²) >= 11 is 0. The van der Waals surface area contributed by atoms with E-state index in [0.717, 1.165) is 19.3 Å². The summed E-state index contributed by atoms with van der Waals surface area (Å²) < 4.78 is 0. The van der Waals surface area contributed by atoms with Crippen LogP contribution in [-0.2, 0) is 16.2 Å². The third-order valence-electron chi connectivity index (χ3n) is 11.5. The molecular formula is C50H60. The fourth-order valence-electron chi connectivity index (χ4n) is 9.03. The largest absolute Gasteiger partial charge is 0.0991 e. The second-order valence-corrected chi connectivity index (χ2v) is 17.3. The van der Waals surface area contributed by atoms with Gasteiger partial charge in [0.1, 0.15) is 0 Å². The molecule has 50 heavy (non-hydrogen) atoms. The Hall–Kier alpha value is -4.16. The maximum Gasteiger partial charge on any atom is 0.0713 e. The maximum absolute atomic E-state index is 3.95. The highest BCUT2D eigenvalue weighted by molar-refractivity contribution is 5.87. The van der Waals surface area contributed by atoms with Gasteiger partial charge in [-0.1, -0.05) is 201 Å². The third kappa shape index (κ3) is 7.05. The molecule has 0 heterocycles. The van der Waals surface area contributed by atoms with E-state index in [2.05, 4.69) is 192 Å². The molecule has 0 nitrogen and oxygen atoms in total. The Labute approximate surface area is 304 Å². The van der Waals surface area contributed by atoms with E-state index in [0.29, 0.717) is 0 Å². The molecule has 0 aliphatic heterocycles. The van der Waals surface area contributed by atoms with E-state index in [1.807, 2.05) is 12.2 Å². The number of hydrogen-bond donors (Lipinski definition) is 0. The van der Waals surface area contributed by atoms with Crippen molar-refractivity contribution in [2.75, 3.05) is 0 Å². The molecule has 0 radical (unpaired) electrons. The molecule has 0 N–H and O–H groups in total. The summed E-state index contributed by atoms with van der Waals surface area (Å²) in [6, 6.07) is 33.3. The minimum Gasteiger partial charge on any atom is -0.0991 e. The molecule has 260 valence electrons. The Morgan fingerprint density at radius 2 is 1.04 bits per heavy atom. The summed E-state index contributed by atoms with van der Waals surface area (Å²) in [7, 11) is 0. The molecule has 5 rings (SSSR count). The Balaban J connectivity index is 1.79. The van der Waals surface area contributed by atoms with Crippen LogP contribution in [0.2, 0.25) is 0 Å². The molecule has 1 unspecified atom stereocenters. The fraction of sp³-hybridized carbons (Fsp3) is 0.360. The van der Waals surface area contributed by atoms with E-state index in [1.54, 1.807) is 0 Å². The molecule has 0 amide bonds. The first-order valence-electron chi connectivity index (χ1n) is 18.6. The standard InChI is InChI=1S/C50H60/c1-13-16-28-46(6,7)34-47(8,9)38-20-18-22-40(32-38)50(44-30-36(4)24-26-42(44)43-27-25-37(5)31-45(43)50)41-23-19-21-39(33-41)48(10,11)35-49(12,15-3)29-17-14-2/h13-14,16-33H,1-2,15,34-35H2,3-12H3/b28-16+,29-17+. The van der Waals surface area contributed by atoms with Crippen molar-refractivity contribution in [2.45, 2.75) is 105 Å². The van der Waals surface area contributed by atoms with Crippen molar-refractivity contribution >= 4 is 0 Å². The van der Waals surface area contributed by atoms with Crippen LogP contribution < -0.4 is 0 Å². The molecule has 4 aromatic carbocycles. The van der Waals surface area contributed by atoms with Gasteiger partial charge in [0.2, 0.25) is 0 Å². The summed E-state index contributed by atoms with van der Waals surface area (Å²) in [5.41, 5.74) is 13.0. The zero-order chi connectivity index (χ0) is 36.5. The maximum atomic E-state index is 3.95. The van der Waals surface area contributed by atoms with E-state index < -0.39 is 5.41 Å². The summed E-state index contributed by atoms with van der Waals surface area (Å²) in [5, 5.41) is 0. The van der Waals surface area contributed by atoms with Crippen LogP contribution in [0.25, 0.3) is 11.1 Å². The molecule has 0 saturated carbocycles. The van der Waals surface area contributed by atoms with Crippen molar-refractivity contribution in [3.63, 3.8) is 0 Å². The van der Waals surface area contributed by atoms with Crippen molar-refractivity contribution < 1.29 is 0 Å². The SMILES string of the molecule is C=C/C=C/C(C)(C)CC(C)(C)c1cccc(C2(c3cccc(C(C)(C)CC(C)(/C=C/C=C)CC)c3)c3cc(C)ccc3-c3ccc(C)cc32)c1. The van der Waals surface area contributed by atoms with Crippen LogP contribution in [0.5, 0.6) is 0 Å². The van der Waals surface area contributed by atoms with E-state index in [9.17, 15) is 0 Å². The van der Waals surface area contributed by atoms with Gasteiger partial charge in [-0.05, 0) is 99.3 Å².